The van der Waals surface area contributed by atoms with Crippen LogP contribution in [-0.2, 0) is 23.0 Å². The predicted molar refractivity (Wildman–Crippen MR) is 108 cm³/mol. The number of nitrogens with one attached hydrogen (secondary N) is 1. The van der Waals surface area contributed by atoms with Crippen molar-refractivity contribution in [2.75, 3.05) is 4.72 Å². The molecule has 0 bridgehead atoms. The number of fused-ring (bicyclic) bond motifs is 1. The van der Waals surface area contributed by atoms with Crippen molar-refractivity contribution in [2.24, 2.45) is 0 Å². The molecule has 6 nitrogen and oxygen atoms in total. The first kappa shape index (κ1) is 18.2. The van der Waals surface area contributed by atoms with E-state index < -0.39 is 10.0 Å². The summed E-state index contributed by atoms with van der Waals surface area (Å²) in [5, 5.41) is 8.66. The Morgan fingerprint density at radius 3 is 2.41 bits per heavy atom. The SMILES string of the molecule is O=S(=O)(Nc1ccc(-c2nnc3n2CCCCC3)cc1)c1ccc(Br)cc1. The van der Waals surface area contributed by atoms with Gasteiger partial charge in [0.25, 0.3) is 10.0 Å². The Kier molecular flexibility index (Phi) is 5.01. The molecule has 1 aromatic heterocycles. The van der Waals surface area contributed by atoms with Crippen LogP contribution in [0.1, 0.15) is 25.1 Å². The van der Waals surface area contributed by atoms with Gasteiger partial charge in [0.2, 0.25) is 0 Å². The Morgan fingerprint density at radius 1 is 0.926 bits per heavy atom. The van der Waals surface area contributed by atoms with Crippen LogP contribution in [0.2, 0.25) is 0 Å². The Morgan fingerprint density at radius 2 is 1.67 bits per heavy atom. The van der Waals surface area contributed by atoms with E-state index in [1.54, 1.807) is 36.4 Å². The van der Waals surface area contributed by atoms with Crippen molar-refractivity contribution < 1.29 is 8.42 Å². The summed E-state index contributed by atoms with van der Waals surface area (Å²) >= 11 is 3.31. The quantitative estimate of drug-likeness (QED) is 0.649. The minimum absolute atomic E-state index is 0.220. The monoisotopic (exact) mass is 446 g/mol. The van der Waals surface area contributed by atoms with Gasteiger partial charge in [-0.3, -0.25) is 4.72 Å². The fourth-order valence-corrected chi connectivity index (χ4v) is 4.54. The number of hydrogen-bond acceptors (Lipinski definition) is 4. The van der Waals surface area contributed by atoms with Crippen molar-refractivity contribution in [3.05, 3.63) is 58.8 Å². The zero-order valence-electron chi connectivity index (χ0n) is 14.6. The highest BCUT2D eigenvalue weighted by molar-refractivity contribution is 9.10. The van der Waals surface area contributed by atoms with E-state index in [1.807, 2.05) is 12.1 Å². The highest BCUT2D eigenvalue weighted by Gasteiger charge is 2.17. The lowest BCUT2D eigenvalue weighted by molar-refractivity contribution is 0.601. The molecule has 0 unspecified atom stereocenters. The van der Waals surface area contributed by atoms with Crippen LogP contribution in [0.25, 0.3) is 11.4 Å². The van der Waals surface area contributed by atoms with Gasteiger partial charge in [0.05, 0.1) is 4.90 Å². The van der Waals surface area contributed by atoms with Crippen LogP contribution in [0.4, 0.5) is 5.69 Å². The van der Waals surface area contributed by atoms with Gasteiger partial charge in [-0.15, -0.1) is 10.2 Å². The number of aryl methyl sites for hydroxylation is 1. The van der Waals surface area contributed by atoms with E-state index in [0.717, 1.165) is 47.5 Å². The molecule has 140 valence electrons. The molecule has 0 saturated carbocycles. The summed E-state index contributed by atoms with van der Waals surface area (Å²) in [6.07, 6.45) is 4.44. The number of halogens is 1. The Balaban J connectivity index is 1.56. The Labute approximate surface area is 166 Å². The molecule has 4 rings (SSSR count). The maximum Gasteiger partial charge on any atom is 0.261 e. The van der Waals surface area contributed by atoms with Crippen LogP contribution in [-0.4, -0.2) is 23.2 Å². The standard InChI is InChI=1S/C19H19BrN4O2S/c20-15-7-11-17(12-8-15)27(25,26)23-16-9-5-14(6-10-16)19-22-21-18-4-2-1-3-13-24(18)19/h5-12,23H,1-4,13H2. The van der Waals surface area contributed by atoms with Crippen molar-refractivity contribution in [3.8, 4) is 11.4 Å². The van der Waals surface area contributed by atoms with E-state index in [4.69, 9.17) is 0 Å². The first-order valence-electron chi connectivity index (χ1n) is 8.84. The van der Waals surface area contributed by atoms with E-state index in [1.165, 1.54) is 6.42 Å². The average Bonchev–Trinajstić information content (AvgIpc) is 2.91. The zero-order valence-corrected chi connectivity index (χ0v) is 17.0. The molecule has 2 aromatic carbocycles. The molecule has 0 amide bonds. The first-order valence-corrected chi connectivity index (χ1v) is 11.1. The van der Waals surface area contributed by atoms with Gasteiger partial charge in [-0.05, 0) is 61.4 Å². The van der Waals surface area contributed by atoms with Crippen molar-refractivity contribution >= 4 is 31.6 Å². The number of nitrogens with zero attached hydrogens (tertiary/aromatic N) is 3. The highest BCUT2D eigenvalue weighted by Crippen LogP contribution is 2.25. The molecule has 0 fully saturated rings. The van der Waals surface area contributed by atoms with E-state index >= 15 is 0 Å². The first-order chi connectivity index (χ1) is 13.0. The van der Waals surface area contributed by atoms with Gasteiger partial charge in [0, 0.05) is 28.7 Å². The second-order valence-electron chi connectivity index (χ2n) is 6.54. The lowest BCUT2D eigenvalue weighted by atomic mass is 10.2. The van der Waals surface area contributed by atoms with E-state index in [9.17, 15) is 8.42 Å². The minimum atomic E-state index is -3.62. The number of hydrogen-bond donors (Lipinski definition) is 1. The van der Waals surface area contributed by atoms with Crippen molar-refractivity contribution in [2.45, 2.75) is 37.1 Å². The molecule has 0 aliphatic carbocycles. The molecule has 0 saturated heterocycles. The molecule has 2 heterocycles. The molecule has 0 radical (unpaired) electrons. The lowest BCUT2D eigenvalue weighted by Crippen LogP contribution is -2.12. The van der Waals surface area contributed by atoms with E-state index in [0.29, 0.717) is 5.69 Å². The van der Waals surface area contributed by atoms with Crippen LogP contribution < -0.4 is 4.72 Å². The van der Waals surface area contributed by atoms with Gasteiger partial charge < -0.3 is 4.57 Å². The van der Waals surface area contributed by atoms with Crippen LogP contribution in [0.15, 0.2) is 57.9 Å². The summed E-state index contributed by atoms with van der Waals surface area (Å²) in [5.41, 5.74) is 1.44. The predicted octanol–water partition coefficient (Wildman–Crippen LogP) is 4.23. The van der Waals surface area contributed by atoms with Gasteiger partial charge >= 0.3 is 0 Å². The maximum absolute atomic E-state index is 12.5. The molecular weight excluding hydrogens is 428 g/mol. The molecular formula is C19H19BrN4O2S. The molecule has 8 heteroatoms. The Hall–Kier alpha value is -2.19. The maximum atomic E-state index is 12.5. The fourth-order valence-electron chi connectivity index (χ4n) is 3.21. The fraction of sp³-hybridized carbons (Fsp3) is 0.263. The van der Waals surface area contributed by atoms with Crippen LogP contribution in [0.3, 0.4) is 0 Å². The molecule has 27 heavy (non-hydrogen) atoms. The third kappa shape index (κ3) is 3.91. The lowest BCUT2D eigenvalue weighted by Gasteiger charge is -2.10. The zero-order chi connectivity index (χ0) is 18.9. The summed E-state index contributed by atoms with van der Waals surface area (Å²) in [7, 11) is -3.62. The van der Waals surface area contributed by atoms with Crippen molar-refractivity contribution in [3.63, 3.8) is 0 Å². The number of benzene rings is 2. The third-order valence-corrected chi connectivity index (χ3v) is 6.55. The second-order valence-corrected chi connectivity index (χ2v) is 9.14. The summed E-state index contributed by atoms with van der Waals surface area (Å²) in [5.74, 6) is 1.87. The topological polar surface area (TPSA) is 76.9 Å². The van der Waals surface area contributed by atoms with Crippen LogP contribution in [0, 0.1) is 0 Å². The summed E-state index contributed by atoms with van der Waals surface area (Å²) in [6.45, 7) is 0.926. The number of rotatable bonds is 4. The van der Waals surface area contributed by atoms with Crippen molar-refractivity contribution in [1.29, 1.82) is 0 Å². The summed E-state index contributed by atoms with van der Waals surface area (Å²) in [4.78, 5) is 0.220. The number of sulfonamides is 1. The molecule has 3 aromatic rings. The van der Waals surface area contributed by atoms with Gasteiger partial charge in [-0.1, -0.05) is 22.4 Å². The van der Waals surface area contributed by atoms with Crippen molar-refractivity contribution in [1.82, 2.24) is 14.8 Å². The van der Waals surface area contributed by atoms with E-state index in [-0.39, 0.29) is 4.90 Å². The van der Waals surface area contributed by atoms with Crippen LogP contribution >= 0.6 is 15.9 Å². The largest absolute Gasteiger partial charge is 0.311 e. The second kappa shape index (κ2) is 7.44. The summed E-state index contributed by atoms with van der Waals surface area (Å²) in [6, 6.07) is 13.8. The van der Waals surface area contributed by atoms with Gasteiger partial charge in [-0.2, -0.15) is 0 Å². The van der Waals surface area contributed by atoms with E-state index in [2.05, 4.69) is 35.4 Å². The molecule has 0 atom stereocenters. The van der Waals surface area contributed by atoms with Gasteiger partial charge in [-0.25, -0.2) is 8.42 Å². The highest BCUT2D eigenvalue weighted by atomic mass is 79.9. The smallest absolute Gasteiger partial charge is 0.261 e. The molecule has 0 spiro atoms. The van der Waals surface area contributed by atoms with Gasteiger partial charge in [0.1, 0.15) is 5.82 Å². The summed E-state index contributed by atoms with van der Waals surface area (Å²) < 4.78 is 30.6. The average molecular weight is 447 g/mol. The molecule has 1 N–H and O–H groups in total. The van der Waals surface area contributed by atoms with Crippen LogP contribution in [0.5, 0.6) is 0 Å². The molecule has 1 aliphatic rings. The number of aromatic nitrogens is 3. The molecule has 1 aliphatic heterocycles. The number of anilines is 1. The third-order valence-electron chi connectivity index (χ3n) is 4.63. The normalized spacial score (nSPS) is 14.4. The van der Waals surface area contributed by atoms with Gasteiger partial charge in [0.15, 0.2) is 5.82 Å². The minimum Gasteiger partial charge on any atom is -0.311 e. The Bertz CT molecular complexity index is 1040.